The number of piperidine rings is 1. The van der Waals surface area contributed by atoms with Gasteiger partial charge >= 0.3 is 0 Å². The molecule has 1 saturated heterocycles. The normalized spacial score (nSPS) is 32.0. The van der Waals surface area contributed by atoms with Crippen LogP contribution in [0.4, 0.5) is 0 Å². The van der Waals surface area contributed by atoms with E-state index in [-0.39, 0.29) is 0 Å². The molecule has 3 aliphatic rings. The molecule has 0 aromatic rings. The van der Waals surface area contributed by atoms with Gasteiger partial charge in [-0.1, -0.05) is 19.3 Å². The molecular weight excluding hydrogens is 182 g/mol. The number of hydrogen-bond acceptors (Lipinski definition) is 1. The Labute approximate surface area is 94.2 Å². The maximum absolute atomic E-state index is 2.76. The number of hydrogen-bond donors (Lipinski definition) is 0. The molecule has 1 nitrogen and oxygen atoms in total. The lowest BCUT2D eigenvalue weighted by molar-refractivity contribution is 0.137. The fourth-order valence-corrected chi connectivity index (χ4v) is 3.62. The van der Waals surface area contributed by atoms with Crippen molar-refractivity contribution in [2.75, 3.05) is 19.6 Å². The molecule has 0 bridgehead atoms. The zero-order chi connectivity index (χ0) is 10.1. The Hall–Kier alpha value is -0.0400. The van der Waals surface area contributed by atoms with Crippen molar-refractivity contribution < 1.29 is 0 Å². The van der Waals surface area contributed by atoms with Crippen molar-refractivity contribution in [1.29, 1.82) is 0 Å². The van der Waals surface area contributed by atoms with Crippen molar-refractivity contribution in [2.45, 2.75) is 57.8 Å². The van der Waals surface area contributed by atoms with Crippen LogP contribution >= 0.6 is 0 Å². The molecule has 0 unspecified atom stereocenters. The second-order valence-corrected chi connectivity index (χ2v) is 6.30. The minimum absolute atomic E-state index is 0.864. The standard InChI is InChI=1S/C14H25N/c1-2-4-13(5-3-1)12-15-10-8-14(6-7-14)9-11-15/h13H,1-12H2. The fourth-order valence-electron chi connectivity index (χ4n) is 3.62. The van der Waals surface area contributed by atoms with Crippen LogP contribution < -0.4 is 0 Å². The molecule has 1 heterocycles. The molecule has 3 rings (SSSR count). The molecule has 1 heteroatoms. The molecule has 1 spiro atoms. The molecule has 3 fully saturated rings. The van der Waals surface area contributed by atoms with Gasteiger partial charge in [-0.3, -0.25) is 0 Å². The lowest BCUT2D eigenvalue weighted by Crippen LogP contribution is -2.38. The Bertz CT molecular complexity index is 203. The van der Waals surface area contributed by atoms with Gasteiger partial charge < -0.3 is 4.90 Å². The number of rotatable bonds is 2. The van der Waals surface area contributed by atoms with Gasteiger partial charge in [-0.2, -0.15) is 0 Å². The molecule has 0 aromatic carbocycles. The van der Waals surface area contributed by atoms with Gasteiger partial charge in [0.05, 0.1) is 0 Å². The minimum atomic E-state index is 0.864. The highest BCUT2D eigenvalue weighted by atomic mass is 15.1. The summed E-state index contributed by atoms with van der Waals surface area (Å²) in [5.41, 5.74) is 0.864. The Morgan fingerprint density at radius 3 is 2.13 bits per heavy atom. The lowest BCUT2D eigenvalue weighted by Gasteiger charge is -2.35. The second-order valence-electron chi connectivity index (χ2n) is 6.30. The first kappa shape index (κ1) is 10.1. The molecular formula is C14H25N. The van der Waals surface area contributed by atoms with Crippen LogP contribution in [0.1, 0.15) is 57.8 Å². The molecule has 0 radical (unpaired) electrons. The summed E-state index contributed by atoms with van der Waals surface area (Å²) in [7, 11) is 0. The molecule has 0 aromatic heterocycles. The third-order valence-electron chi connectivity index (χ3n) is 5.11. The molecule has 2 aliphatic carbocycles. The molecule has 0 amide bonds. The van der Waals surface area contributed by atoms with Crippen LogP contribution in [0.25, 0.3) is 0 Å². The van der Waals surface area contributed by atoms with Crippen LogP contribution in [-0.4, -0.2) is 24.5 Å². The zero-order valence-corrected chi connectivity index (χ0v) is 10.0. The van der Waals surface area contributed by atoms with Crippen LogP contribution in [0.5, 0.6) is 0 Å². The van der Waals surface area contributed by atoms with Gasteiger partial charge in [-0.15, -0.1) is 0 Å². The second kappa shape index (κ2) is 4.08. The predicted octanol–water partition coefficient (Wildman–Crippen LogP) is 3.44. The Balaban J connectivity index is 1.43. The third-order valence-corrected chi connectivity index (χ3v) is 5.11. The summed E-state index contributed by atoms with van der Waals surface area (Å²) in [5, 5.41) is 0. The lowest BCUT2D eigenvalue weighted by atomic mass is 9.87. The maximum Gasteiger partial charge on any atom is 0.000966 e. The van der Waals surface area contributed by atoms with E-state index in [1.165, 1.54) is 64.6 Å². The molecule has 0 N–H and O–H groups in total. The summed E-state index contributed by atoms with van der Waals surface area (Å²) >= 11 is 0. The van der Waals surface area contributed by atoms with Crippen LogP contribution in [0.3, 0.4) is 0 Å². The van der Waals surface area contributed by atoms with E-state index in [0.29, 0.717) is 0 Å². The van der Waals surface area contributed by atoms with E-state index in [0.717, 1.165) is 11.3 Å². The van der Waals surface area contributed by atoms with Crippen LogP contribution in [-0.2, 0) is 0 Å². The van der Waals surface area contributed by atoms with Gasteiger partial charge in [0.15, 0.2) is 0 Å². The SMILES string of the molecule is C1CCC(CN2CCC3(CC2)CC3)CC1. The molecule has 15 heavy (non-hydrogen) atoms. The highest BCUT2D eigenvalue weighted by molar-refractivity contribution is 4.96. The monoisotopic (exact) mass is 207 g/mol. The molecule has 0 atom stereocenters. The summed E-state index contributed by atoms with van der Waals surface area (Å²) in [5.74, 6) is 1.05. The van der Waals surface area contributed by atoms with E-state index >= 15 is 0 Å². The van der Waals surface area contributed by atoms with Gasteiger partial charge in [-0.25, -0.2) is 0 Å². The highest BCUT2D eigenvalue weighted by Crippen LogP contribution is 2.53. The van der Waals surface area contributed by atoms with E-state index in [9.17, 15) is 0 Å². The summed E-state index contributed by atoms with van der Waals surface area (Å²) in [6.07, 6.45) is 13.7. The summed E-state index contributed by atoms with van der Waals surface area (Å²) in [6, 6.07) is 0. The quantitative estimate of drug-likeness (QED) is 0.670. The van der Waals surface area contributed by atoms with Crippen molar-refractivity contribution >= 4 is 0 Å². The Kier molecular flexibility index (Phi) is 2.76. The van der Waals surface area contributed by atoms with Gasteiger partial charge in [-0.05, 0) is 62.9 Å². The van der Waals surface area contributed by atoms with Gasteiger partial charge in [0, 0.05) is 6.54 Å². The smallest absolute Gasteiger partial charge is 0.000966 e. The summed E-state index contributed by atoms with van der Waals surface area (Å²) in [4.78, 5) is 2.76. The van der Waals surface area contributed by atoms with Gasteiger partial charge in [0.2, 0.25) is 0 Å². The molecule has 2 saturated carbocycles. The highest BCUT2D eigenvalue weighted by Gasteiger charge is 2.44. The fraction of sp³-hybridized carbons (Fsp3) is 1.00. The van der Waals surface area contributed by atoms with E-state index in [4.69, 9.17) is 0 Å². The first-order chi connectivity index (χ1) is 7.36. The topological polar surface area (TPSA) is 3.24 Å². The van der Waals surface area contributed by atoms with Crippen LogP contribution in [0.15, 0.2) is 0 Å². The molecule has 86 valence electrons. The Morgan fingerprint density at radius 2 is 1.53 bits per heavy atom. The maximum atomic E-state index is 2.76. The first-order valence-electron chi connectivity index (χ1n) is 7.09. The van der Waals surface area contributed by atoms with Crippen molar-refractivity contribution in [3.8, 4) is 0 Å². The average molecular weight is 207 g/mol. The van der Waals surface area contributed by atoms with Crippen LogP contribution in [0, 0.1) is 11.3 Å². The summed E-state index contributed by atoms with van der Waals surface area (Å²) < 4.78 is 0. The number of likely N-dealkylation sites (tertiary alicyclic amines) is 1. The van der Waals surface area contributed by atoms with E-state index in [1.807, 2.05) is 0 Å². The van der Waals surface area contributed by atoms with E-state index in [1.54, 1.807) is 12.8 Å². The van der Waals surface area contributed by atoms with Gasteiger partial charge in [0.25, 0.3) is 0 Å². The van der Waals surface area contributed by atoms with Crippen molar-refractivity contribution in [3.05, 3.63) is 0 Å². The first-order valence-corrected chi connectivity index (χ1v) is 7.09. The van der Waals surface area contributed by atoms with E-state index < -0.39 is 0 Å². The minimum Gasteiger partial charge on any atom is -0.303 e. The Morgan fingerprint density at radius 1 is 0.867 bits per heavy atom. The number of nitrogens with zero attached hydrogens (tertiary/aromatic N) is 1. The van der Waals surface area contributed by atoms with Crippen molar-refractivity contribution in [2.24, 2.45) is 11.3 Å². The summed E-state index contributed by atoms with van der Waals surface area (Å²) in [6.45, 7) is 4.25. The van der Waals surface area contributed by atoms with Gasteiger partial charge in [0.1, 0.15) is 0 Å². The van der Waals surface area contributed by atoms with Crippen LogP contribution in [0.2, 0.25) is 0 Å². The van der Waals surface area contributed by atoms with Crippen molar-refractivity contribution in [1.82, 2.24) is 4.90 Å². The van der Waals surface area contributed by atoms with Crippen molar-refractivity contribution in [3.63, 3.8) is 0 Å². The largest absolute Gasteiger partial charge is 0.303 e. The van der Waals surface area contributed by atoms with E-state index in [2.05, 4.69) is 4.90 Å². The average Bonchev–Trinajstić information content (AvgIpc) is 3.04. The molecule has 1 aliphatic heterocycles. The third kappa shape index (κ3) is 2.38. The zero-order valence-electron chi connectivity index (χ0n) is 10.0. The predicted molar refractivity (Wildman–Crippen MR) is 63.9 cm³/mol.